The van der Waals surface area contributed by atoms with Gasteiger partial charge >= 0.3 is 0 Å². The molecule has 1 aromatic rings. The molecule has 0 aromatic carbocycles. The van der Waals surface area contributed by atoms with Crippen molar-refractivity contribution in [1.82, 2.24) is 15.1 Å². The van der Waals surface area contributed by atoms with Crippen LogP contribution in [0.2, 0.25) is 0 Å². The van der Waals surface area contributed by atoms with E-state index in [1.807, 2.05) is 11.7 Å². The smallest absolute Gasteiger partial charge is 0.0638 e. The SMILES string of the molecule is CCC(C)C(C)NCc1cn(C)nc1C. The third-order valence-electron chi connectivity index (χ3n) is 3.23. The quantitative estimate of drug-likeness (QED) is 0.806. The number of rotatable bonds is 5. The summed E-state index contributed by atoms with van der Waals surface area (Å²) >= 11 is 0. The van der Waals surface area contributed by atoms with Gasteiger partial charge in [-0.05, 0) is 19.8 Å². The number of hydrogen-bond acceptors (Lipinski definition) is 2. The van der Waals surface area contributed by atoms with Crippen molar-refractivity contribution in [3.8, 4) is 0 Å². The number of aryl methyl sites for hydroxylation is 2. The number of aromatic nitrogens is 2. The molecule has 2 atom stereocenters. The van der Waals surface area contributed by atoms with Crippen LogP contribution in [0.15, 0.2) is 6.20 Å². The number of hydrogen-bond donors (Lipinski definition) is 1. The predicted octanol–water partition coefficient (Wildman–Crippen LogP) is 2.25. The highest BCUT2D eigenvalue weighted by atomic mass is 15.2. The van der Waals surface area contributed by atoms with Crippen molar-refractivity contribution in [1.29, 1.82) is 0 Å². The molecule has 0 fully saturated rings. The Balaban J connectivity index is 2.46. The maximum Gasteiger partial charge on any atom is 0.0638 e. The fraction of sp³-hybridized carbons (Fsp3) is 0.750. The van der Waals surface area contributed by atoms with E-state index in [4.69, 9.17) is 0 Å². The van der Waals surface area contributed by atoms with E-state index >= 15 is 0 Å². The Bertz CT molecular complexity index is 304. The lowest BCUT2D eigenvalue weighted by atomic mass is 10.0. The first-order valence-electron chi connectivity index (χ1n) is 5.77. The van der Waals surface area contributed by atoms with Gasteiger partial charge in [-0.15, -0.1) is 0 Å². The van der Waals surface area contributed by atoms with Crippen molar-refractivity contribution in [2.75, 3.05) is 0 Å². The highest BCUT2D eigenvalue weighted by Crippen LogP contribution is 2.09. The lowest BCUT2D eigenvalue weighted by molar-refractivity contribution is 0.389. The Hall–Kier alpha value is -0.830. The van der Waals surface area contributed by atoms with Crippen LogP contribution >= 0.6 is 0 Å². The molecular weight excluding hydrogens is 186 g/mol. The van der Waals surface area contributed by atoms with Gasteiger partial charge in [0.1, 0.15) is 0 Å². The lowest BCUT2D eigenvalue weighted by Gasteiger charge is -2.19. The maximum absolute atomic E-state index is 4.33. The van der Waals surface area contributed by atoms with Gasteiger partial charge in [-0.2, -0.15) is 5.10 Å². The molecule has 0 bridgehead atoms. The summed E-state index contributed by atoms with van der Waals surface area (Å²) in [5, 5.41) is 7.88. The maximum atomic E-state index is 4.33. The molecular formula is C12H23N3. The zero-order chi connectivity index (χ0) is 11.4. The second-order valence-corrected chi connectivity index (χ2v) is 4.47. The molecule has 86 valence electrons. The zero-order valence-electron chi connectivity index (χ0n) is 10.5. The molecule has 1 rings (SSSR count). The molecule has 3 nitrogen and oxygen atoms in total. The summed E-state index contributed by atoms with van der Waals surface area (Å²) < 4.78 is 1.88. The van der Waals surface area contributed by atoms with E-state index in [0.29, 0.717) is 6.04 Å². The molecule has 0 radical (unpaired) electrons. The minimum atomic E-state index is 0.564. The van der Waals surface area contributed by atoms with Gasteiger partial charge < -0.3 is 5.32 Å². The number of nitrogens with zero attached hydrogens (tertiary/aromatic N) is 2. The Morgan fingerprint density at radius 3 is 2.60 bits per heavy atom. The number of nitrogens with one attached hydrogen (secondary N) is 1. The van der Waals surface area contributed by atoms with Gasteiger partial charge in [-0.3, -0.25) is 4.68 Å². The van der Waals surface area contributed by atoms with E-state index in [2.05, 4.69) is 44.3 Å². The van der Waals surface area contributed by atoms with Crippen molar-refractivity contribution in [3.63, 3.8) is 0 Å². The van der Waals surface area contributed by atoms with Crippen LogP contribution in [0.4, 0.5) is 0 Å². The second-order valence-electron chi connectivity index (χ2n) is 4.47. The average molecular weight is 209 g/mol. The minimum Gasteiger partial charge on any atom is -0.310 e. The van der Waals surface area contributed by atoms with Crippen LogP contribution in [0, 0.1) is 12.8 Å². The van der Waals surface area contributed by atoms with Crippen molar-refractivity contribution in [2.24, 2.45) is 13.0 Å². The highest BCUT2D eigenvalue weighted by Gasteiger charge is 2.10. The molecule has 0 spiro atoms. The predicted molar refractivity (Wildman–Crippen MR) is 63.7 cm³/mol. The van der Waals surface area contributed by atoms with E-state index in [0.717, 1.165) is 18.2 Å². The Morgan fingerprint density at radius 2 is 2.13 bits per heavy atom. The largest absolute Gasteiger partial charge is 0.310 e. The van der Waals surface area contributed by atoms with Gasteiger partial charge in [-0.25, -0.2) is 0 Å². The first-order valence-corrected chi connectivity index (χ1v) is 5.77. The molecule has 3 heteroatoms. The summed E-state index contributed by atoms with van der Waals surface area (Å²) in [5.74, 6) is 0.724. The first kappa shape index (κ1) is 12.2. The lowest BCUT2D eigenvalue weighted by Crippen LogP contribution is -2.31. The average Bonchev–Trinajstić information content (AvgIpc) is 2.52. The molecule has 1 heterocycles. The fourth-order valence-corrected chi connectivity index (χ4v) is 1.65. The summed E-state index contributed by atoms with van der Waals surface area (Å²) in [5.41, 5.74) is 2.43. The van der Waals surface area contributed by atoms with Crippen LogP contribution in [0.5, 0.6) is 0 Å². The van der Waals surface area contributed by atoms with Crippen LogP contribution < -0.4 is 5.32 Å². The van der Waals surface area contributed by atoms with E-state index in [1.165, 1.54) is 12.0 Å². The van der Waals surface area contributed by atoms with Crippen molar-refractivity contribution in [3.05, 3.63) is 17.5 Å². The third kappa shape index (κ3) is 3.34. The van der Waals surface area contributed by atoms with Gasteiger partial charge in [0.15, 0.2) is 0 Å². The van der Waals surface area contributed by atoms with Gasteiger partial charge in [0, 0.05) is 31.4 Å². The Labute approximate surface area is 92.9 Å². The Morgan fingerprint density at radius 1 is 1.47 bits per heavy atom. The fourth-order valence-electron chi connectivity index (χ4n) is 1.65. The van der Waals surface area contributed by atoms with Gasteiger partial charge in [0.05, 0.1) is 5.69 Å². The molecule has 0 saturated heterocycles. The van der Waals surface area contributed by atoms with E-state index < -0.39 is 0 Å². The first-order chi connectivity index (χ1) is 7.04. The van der Waals surface area contributed by atoms with E-state index in [9.17, 15) is 0 Å². The second kappa shape index (κ2) is 5.31. The molecule has 0 amide bonds. The standard InChI is InChI=1S/C12H23N3/c1-6-9(2)10(3)13-7-12-8-15(5)14-11(12)4/h8-10,13H,6-7H2,1-5H3. The molecule has 2 unspecified atom stereocenters. The monoisotopic (exact) mass is 209 g/mol. The van der Waals surface area contributed by atoms with E-state index in [1.54, 1.807) is 0 Å². The van der Waals surface area contributed by atoms with Crippen LogP contribution in [0.3, 0.4) is 0 Å². The molecule has 0 saturated carbocycles. The summed E-state index contributed by atoms with van der Waals surface area (Å²) in [4.78, 5) is 0. The summed E-state index contributed by atoms with van der Waals surface area (Å²) in [6, 6.07) is 0.564. The zero-order valence-corrected chi connectivity index (χ0v) is 10.5. The summed E-state index contributed by atoms with van der Waals surface area (Å²) in [6.45, 7) is 9.75. The topological polar surface area (TPSA) is 29.9 Å². The van der Waals surface area contributed by atoms with Crippen molar-refractivity contribution in [2.45, 2.75) is 46.7 Å². The molecule has 0 aliphatic heterocycles. The van der Waals surface area contributed by atoms with Gasteiger partial charge in [0.25, 0.3) is 0 Å². The molecule has 1 aromatic heterocycles. The normalized spacial score (nSPS) is 15.3. The Kier molecular flexibility index (Phi) is 4.33. The van der Waals surface area contributed by atoms with Crippen molar-refractivity contribution < 1.29 is 0 Å². The summed E-state index contributed by atoms with van der Waals surface area (Å²) in [7, 11) is 1.97. The van der Waals surface area contributed by atoms with Gasteiger partial charge in [-0.1, -0.05) is 20.3 Å². The summed E-state index contributed by atoms with van der Waals surface area (Å²) in [6.07, 6.45) is 3.31. The van der Waals surface area contributed by atoms with E-state index in [-0.39, 0.29) is 0 Å². The van der Waals surface area contributed by atoms with Crippen LogP contribution in [-0.4, -0.2) is 15.8 Å². The minimum absolute atomic E-state index is 0.564. The molecule has 0 aliphatic carbocycles. The van der Waals surface area contributed by atoms with Crippen LogP contribution in [0.1, 0.15) is 38.4 Å². The molecule has 15 heavy (non-hydrogen) atoms. The van der Waals surface area contributed by atoms with Gasteiger partial charge in [0.2, 0.25) is 0 Å². The molecule has 1 N–H and O–H groups in total. The van der Waals surface area contributed by atoms with Crippen molar-refractivity contribution >= 4 is 0 Å². The third-order valence-corrected chi connectivity index (χ3v) is 3.23. The van der Waals surface area contributed by atoms with Crippen LogP contribution in [0.25, 0.3) is 0 Å². The van der Waals surface area contributed by atoms with Crippen LogP contribution in [-0.2, 0) is 13.6 Å². The molecule has 0 aliphatic rings. The highest BCUT2D eigenvalue weighted by molar-refractivity contribution is 5.14.